The molecule has 2 aliphatic rings. The minimum absolute atomic E-state index is 0.00808. The minimum atomic E-state index is -0.415. The summed E-state index contributed by atoms with van der Waals surface area (Å²) in [7, 11) is 0. The van der Waals surface area contributed by atoms with Gasteiger partial charge in [0.25, 0.3) is 0 Å². The lowest BCUT2D eigenvalue weighted by molar-refractivity contribution is -0.140. The fraction of sp³-hybridized carbons (Fsp3) is 0.190. The molecule has 2 unspecified atom stereocenters. The van der Waals surface area contributed by atoms with Gasteiger partial charge in [0.2, 0.25) is 5.91 Å². The average molecular weight is 348 g/mol. The lowest BCUT2D eigenvalue weighted by atomic mass is 9.85. The Morgan fingerprint density at radius 3 is 2.12 bits per heavy atom. The first-order chi connectivity index (χ1) is 12.2. The molecule has 3 atom stereocenters. The molecule has 0 aromatic heterocycles. The van der Waals surface area contributed by atoms with Gasteiger partial charge in [-0.3, -0.25) is 4.79 Å². The van der Waals surface area contributed by atoms with Crippen LogP contribution in [-0.4, -0.2) is 27.5 Å². The van der Waals surface area contributed by atoms with Crippen LogP contribution in [0.4, 0.5) is 0 Å². The highest BCUT2D eigenvalue weighted by Crippen LogP contribution is 2.47. The van der Waals surface area contributed by atoms with Crippen LogP contribution in [0.15, 0.2) is 85.1 Å². The Hall–Kier alpha value is -2.30. The van der Waals surface area contributed by atoms with Crippen molar-refractivity contribution in [3.8, 4) is 0 Å². The molecule has 0 aliphatic carbocycles. The molecule has 25 heavy (non-hydrogen) atoms. The number of hydrogen-bond donors (Lipinski definition) is 1. The molecule has 2 heterocycles. The number of nitrogens with zero attached hydrogens (tertiary/aromatic N) is 1. The maximum absolute atomic E-state index is 12.0. The van der Waals surface area contributed by atoms with Crippen molar-refractivity contribution < 1.29 is 4.79 Å². The van der Waals surface area contributed by atoms with Gasteiger partial charge in [-0.25, -0.2) is 0 Å². The smallest absolute Gasteiger partial charge is 0.247 e. The van der Waals surface area contributed by atoms with E-state index in [9.17, 15) is 4.79 Å². The third-order valence-corrected chi connectivity index (χ3v) is 6.52. The number of carbonyl (C=O) groups excluding carboxylic acids is 1. The zero-order chi connectivity index (χ0) is 17.4. The van der Waals surface area contributed by atoms with Crippen LogP contribution < -0.4 is 5.73 Å². The van der Waals surface area contributed by atoms with Gasteiger partial charge in [0.1, 0.15) is 11.4 Å². The molecule has 0 radical (unpaired) electrons. The van der Waals surface area contributed by atoms with Gasteiger partial charge < -0.3 is 10.6 Å². The fourth-order valence-electron chi connectivity index (χ4n) is 3.56. The third kappa shape index (κ3) is 2.71. The Morgan fingerprint density at radius 2 is 1.60 bits per heavy atom. The Bertz CT molecular complexity index is 779. The Morgan fingerprint density at radius 1 is 1.04 bits per heavy atom. The molecule has 1 fully saturated rings. The van der Waals surface area contributed by atoms with Crippen LogP contribution in [0.5, 0.6) is 0 Å². The SMILES string of the molecule is C=CC1=CN2C(=O)C(N)[C@H]2SC1C(c1ccccc1)c1ccccc1. The minimum Gasteiger partial charge on any atom is -0.317 e. The van der Waals surface area contributed by atoms with Gasteiger partial charge in [-0.15, -0.1) is 11.8 Å². The maximum Gasteiger partial charge on any atom is 0.247 e. The van der Waals surface area contributed by atoms with E-state index in [-0.39, 0.29) is 22.4 Å². The zero-order valence-electron chi connectivity index (χ0n) is 13.8. The first-order valence-corrected chi connectivity index (χ1v) is 9.32. The van der Waals surface area contributed by atoms with Crippen LogP contribution in [0.1, 0.15) is 17.0 Å². The van der Waals surface area contributed by atoms with Crippen molar-refractivity contribution >= 4 is 17.7 Å². The zero-order valence-corrected chi connectivity index (χ0v) is 14.6. The Balaban J connectivity index is 1.79. The normalized spacial score (nSPS) is 25.2. The summed E-state index contributed by atoms with van der Waals surface area (Å²) in [6.45, 7) is 3.98. The van der Waals surface area contributed by atoms with Crippen molar-refractivity contribution in [3.05, 3.63) is 96.2 Å². The van der Waals surface area contributed by atoms with Crippen molar-refractivity contribution in [2.75, 3.05) is 0 Å². The molecule has 0 saturated carbocycles. The molecule has 2 aromatic carbocycles. The van der Waals surface area contributed by atoms with Gasteiger partial charge in [-0.2, -0.15) is 0 Å². The van der Waals surface area contributed by atoms with Crippen LogP contribution in [0.3, 0.4) is 0 Å². The summed E-state index contributed by atoms with van der Waals surface area (Å²) in [6.07, 6.45) is 3.80. The maximum atomic E-state index is 12.0. The van der Waals surface area contributed by atoms with Gasteiger partial charge in [-0.05, 0) is 16.7 Å². The summed E-state index contributed by atoms with van der Waals surface area (Å²) in [5, 5.41) is 0.179. The second-order valence-corrected chi connectivity index (χ2v) is 7.61. The molecule has 0 bridgehead atoms. The Kier molecular flexibility index (Phi) is 4.24. The lowest BCUT2D eigenvalue weighted by Gasteiger charge is -2.49. The highest BCUT2D eigenvalue weighted by molar-refractivity contribution is 8.01. The monoisotopic (exact) mass is 348 g/mol. The Labute approximate surface area is 152 Å². The molecule has 4 rings (SSSR count). The van der Waals surface area contributed by atoms with E-state index < -0.39 is 6.04 Å². The molecule has 1 amide bonds. The van der Waals surface area contributed by atoms with E-state index in [1.807, 2.05) is 24.4 Å². The number of thioether (sulfide) groups is 1. The molecule has 2 N–H and O–H groups in total. The highest BCUT2D eigenvalue weighted by atomic mass is 32.2. The highest BCUT2D eigenvalue weighted by Gasteiger charge is 2.49. The van der Waals surface area contributed by atoms with Gasteiger partial charge in [-0.1, -0.05) is 73.3 Å². The van der Waals surface area contributed by atoms with Gasteiger partial charge >= 0.3 is 0 Å². The molecule has 0 spiro atoms. The predicted molar refractivity (Wildman–Crippen MR) is 103 cm³/mol. The fourth-order valence-corrected chi connectivity index (χ4v) is 5.23. The van der Waals surface area contributed by atoms with Gasteiger partial charge in [0.05, 0.1) is 0 Å². The summed E-state index contributed by atoms with van der Waals surface area (Å²) in [5.41, 5.74) is 9.62. The van der Waals surface area contributed by atoms with E-state index >= 15 is 0 Å². The second kappa shape index (κ2) is 6.54. The van der Waals surface area contributed by atoms with Crippen LogP contribution in [0.2, 0.25) is 0 Å². The number of nitrogens with two attached hydrogens (primary N) is 1. The van der Waals surface area contributed by atoms with Crippen LogP contribution in [-0.2, 0) is 4.79 Å². The molecule has 3 nitrogen and oxygen atoms in total. The van der Waals surface area contributed by atoms with Crippen molar-refractivity contribution in [2.45, 2.75) is 22.6 Å². The summed E-state index contributed by atoms with van der Waals surface area (Å²) < 4.78 is 0. The van der Waals surface area contributed by atoms with E-state index in [1.165, 1.54) is 11.1 Å². The van der Waals surface area contributed by atoms with Crippen molar-refractivity contribution in [1.29, 1.82) is 0 Å². The first-order valence-electron chi connectivity index (χ1n) is 8.38. The topological polar surface area (TPSA) is 46.3 Å². The predicted octanol–water partition coefficient (Wildman–Crippen LogP) is 3.50. The molecule has 2 aromatic rings. The summed E-state index contributed by atoms with van der Waals surface area (Å²) in [6, 6.07) is 20.6. The second-order valence-electron chi connectivity index (χ2n) is 6.35. The van der Waals surface area contributed by atoms with E-state index in [1.54, 1.807) is 16.7 Å². The first kappa shape index (κ1) is 16.2. The standard InChI is InChI=1S/C21H20N2OS/c1-2-14-13-23-20(24)18(22)21(23)25-19(14)17(15-9-5-3-6-10-15)16-11-7-4-8-12-16/h2-13,17-19,21H,1,22H2/t18?,19?,21-/m1/s1. The third-order valence-electron chi connectivity index (χ3n) is 4.88. The number of hydrogen-bond acceptors (Lipinski definition) is 3. The number of carbonyl (C=O) groups is 1. The molecule has 4 heteroatoms. The summed E-state index contributed by atoms with van der Waals surface area (Å²) in [4.78, 5) is 13.7. The number of allylic oxidation sites excluding steroid dienone is 1. The summed E-state index contributed by atoms with van der Waals surface area (Å²) >= 11 is 1.76. The number of amides is 1. The van der Waals surface area contributed by atoms with Gasteiger partial charge in [0, 0.05) is 17.4 Å². The number of fused-ring (bicyclic) bond motifs is 1. The quantitative estimate of drug-likeness (QED) is 0.860. The van der Waals surface area contributed by atoms with E-state index in [0.717, 1.165) is 5.57 Å². The molecule has 1 saturated heterocycles. The van der Waals surface area contributed by atoms with E-state index in [0.29, 0.717) is 0 Å². The van der Waals surface area contributed by atoms with Crippen LogP contribution in [0, 0.1) is 0 Å². The van der Waals surface area contributed by atoms with Crippen molar-refractivity contribution in [3.63, 3.8) is 0 Å². The van der Waals surface area contributed by atoms with E-state index in [2.05, 4.69) is 55.1 Å². The van der Waals surface area contributed by atoms with Crippen LogP contribution in [0.25, 0.3) is 0 Å². The molecular formula is C21H20N2OS. The number of β-lactam (4-membered cyclic amide) rings is 1. The lowest BCUT2D eigenvalue weighted by Crippen LogP contribution is -2.66. The van der Waals surface area contributed by atoms with Gasteiger partial charge in [0.15, 0.2) is 0 Å². The molecule has 126 valence electrons. The van der Waals surface area contributed by atoms with Crippen molar-refractivity contribution in [1.82, 2.24) is 4.90 Å². The number of rotatable bonds is 4. The van der Waals surface area contributed by atoms with Crippen LogP contribution >= 0.6 is 11.8 Å². The largest absolute Gasteiger partial charge is 0.317 e. The molecule has 2 aliphatic heterocycles. The number of benzene rings is 2. The van der Waals surface area contributed by atoms with E-state index in [4.69, 9.17) is 5.73 Å². The molecular weight excluding hydrogens is 328 g/mol. The average Bonchev–Trinajstić information content (AvgIpc) is 2.69. The van der Waals surface area contributed by atoms with Crippen molar-refractivity contribution in [2.24, 2.45) is 5.73 Å². The summed E-state index contributed by atoms with van der Waals surface area (Å²) in [5.74, 6) is 0.174.